The molecule has 4 rings (SSSR count). The van der Waals surface area contributed by atoms with Gasteiger partial charge >= 0.3 is 0 Å². The molecule has 1 aliphatic heterocycles. The topological polar surface area (TPSA) is 91.7 Å². The van der Waals surface area contributed by atoms with Gasteiger partial charge in [0.15, 0.2) is 0 Å². The van der Waals surface area contributed by atoms with Crippen molar-refractivity contribution in [3.63, 3.8) is 0 Å². The average Bonchev–Trinajstić information content (AvgIpc) is 2.90. The van der Waals surface area contributed by atoms with Crippen LogP contribution in [0.3, 0.4) is 0 Å². The number of carbonyl (C=O) groups excluding carboxylic acids is 1. The summed E-state index contributed by atoms with van der Waals surface area (Å²) in [7, 11) is 2.04. The molecular formula is C28H31N5O3. The first-order chi connectivity index (χ1) is 17.4. The molecule has 3 aromatic rings. The second-order valence-electron chi connectivity index (χ2n) is 9.22. The van der Waals surface area contributed by atoms with E-state index in [0.717, 1.165) is 12.1 Å². The van der Waals surface area contributed by atoms with Crippen molar-refractivity contribution in [2.75, 3.05) is 26.7 Å². The second-order valence-corrected chi connectivity index (χ2v) is 9.22. The lowest BCUT2D eigenvalue weighted by atomic mass is 9.99. The monoisotopic (exact) mass is 485 g/mol. The number of aromatic nitrogens is 3. The first-order valence-corrected chi connectivity index (χ1v) is 12.0. The van der Waals surface area contributed by atoms with Gasteiger partial charge in [0, 0.05) is 55.9 Å². The van der Waals surface area contributed by atoms with Gasteiger partial charge in [-0.25, -0.2) is 9.97 Å². The van der Waals surface area contributed by atoms with Crippen LogP contribution in [0.15, 0.2) is 61.2 Å². The van der Waals surface area contributed by atoms with E-state index in [-0.39, 0.29) is 36.5 Å². The molecule has 1 amide bonds. The summed E-state index contributed by atoms with van der Waals surface area (Å²) in [6, 6.07) is 10.9. The van der Waals surface area contributed by atoms with Crippen LogP contribution in [-0.2, 0) is 6.54 Å². The van der Waals surface area contributed by atoms with Gasteiger partial charge in [-0.2, -0.15) is 0 Å². The molecule has 0 saturated heterocycles. The zero-order valence-corrected chi connectivity index (χ0v) is 20.8. The van der Waals surface area contributed by atoms with Gasteiger partial charge in [0.2, 0.25) is 5.88 Å². The number of ether oxygens (including phenoxy) is 1. The van der Waals surface area contributed by atoms with Gasteiger partial charge < -0.3 is 14.7 Å². The minimum atomic E-state index is -0.343. The Morgan fingerprint density at radius 1 is 1.19 bits per heavy atom. The van der Waals surface area contributed by atoms with Crippen LogP contribution in [0.5, 0.6) is 5.88 Å². The molecule has 36 heavy (non-hydrogen) atoms. The molecule has 0 fully saturated rings. The van der Waals surface area contributed by atoms with E-state index in [1.807, 2.05) is 44.3 Å². The predicted octanol–water partition coefficient (Wildman–Crippen LogP) is 2.62. The fourth-order valence-corrected chi connectivity index (χ4v) is 4.13. The standard InChI is InChI=1S/C28H31N5O3/c1-20-16-33(21(2)19-34)28(35)25-14-23(7-8-24-6-4-5-11-30-24)15-31-27(25)36-26(20)18-32(3)17-22-9-12-29-13-10-22/h4-6,9-15,20-21,26,34H,16-19H2,1-3H3/t20-,21+,26-/m1/s1. The van der Waals surface area contributed by atoms with E-state index >= 15 is 0 Å². The Bertz CT molecular complexity index is 1230. The molecule has 0 aromatic carbocycles. The van der Waals surface area contributed by atoms with Gasteiger partial charge in [-0.3, -0.25) is 14.7 Å². The van der Waals surface area contributed by atoms with Crippen molar-refractivity contribution >= 4 is 5.91 Å². The number of pyridine rings is 3. The molecule has 0 saturated carbocycles. The van der Waals surface area contributed by atoms with Gasteiger partial charge in [-0.1, -0.05) is 18.9 Å². The molecular weight excluding hydrogens is 454 g/mol. The van der Waals surface area contributed by atoms with E-state index < -0.39 is 0 Å². The zero-order chi connectivity index (χ0) is 25.5. The number of likely N-dealkylation sites (N-methyl/N-ethyl adjacent to an activating group) is 1. The highest BCUT2D eigenvalue weighted by atomic mass is 16.5. The molecule has 1 aliphatic rings. The molecule has 3 atom stereocenters. The second kappa shape index (κ2) is 11.8. The van der Waals surface area contributed by atoms with Gasteiger partial charge in [-0.05, 0) is 55.8 Å². The normalized spacial score (nSPS) is 18.4. The minimum absolute atomic E-state index is 0.0152. The van der Waals surface area contributed by atoms with Gasteiger partial charge in [0.05, 0.1) is 12.6 Å². The van der Waals surface area contributed by atoms with E-state index in [1.54, 1.807) is 35.8 Å². The fraction of sp³-hybridized carbons (Fsp3) is 0.357. The van der Waals surface area contributed by atoms with E-state index in [2.05, 4.69) is 38.6 Å². The highest BCUT2D eigenvalue weighted by Crippen LogP contribution is 2.27. The van der Waals surface area contributed by atoms with Crippen molar-refractivity contribution in [2.24, 2.45) is 5.92 Å². The molecule has 0 spiro atoms. The van der Waals surface area contributed by atoms with Crippen molar-refractivity contribution in [3.8, 4) is 17.7 Å². The number of carbonyl (C=O) groups is 1. The molecule has 8 heteroatoms. The Morgan fingerprint density at radius 2 is 2.00 bits per heavy atom. The maximum absolute atomic E-state index is 13.5. The van der Waals surface area contributed by atoms with Crippen molar-refractivity contribution in [1.82, 2.24) is 24.8 Å². The van der Waals surface area contributed by atoms with E-state index in [9.17, 15) is 9.90 Å². The highest BCUT2D eigenvalue weighted by molar-refractivity contribution is 5.97. The van der Waals surface area contributed by atoms with Crippen LogP contribution in [0, 0.1) is 17.8 Å². The molecule has 0 bridgehead atoms. The van der Waals surface area contributed by atoms with Crippen LogP contribution in [0.4, 0.5) is 0 Å². The van der Waals surface area contributed by atoms with Crippen molar-refractivity contribution in [3.05, 3.63) is 83.6 Å². The molecule has 0 radical (unpaired) electrons. The third-order valence-corrected chi connectivity index (χ3v) is 6.21. The smallest absolute Gasteiger partial charge is 0.259 e. The van der Waals surface area contributed by atoms with Crippen molar-refractivity contribution < 1.29 is 14.6 Å². The quantitative estimate of drug-likeness (QED) is 0.537. The lowest BCUT2D eigenvalue weighted by Gasteiger charge is -2.37. The fourth-order valence-electron chi connectivity index (χ4n) is 4.13. The Labute approximate surface area is 212 Å². The van der Waals surface area contributed by atoms with E-state index in [1.165, 1.54) is 0 Å². The minimum Gasteiger partial charge on any atom is -0.472 e. The maximum Gasteiger partial charge on any atom is 0.259 e. The number of rotatable bonds is 6. The first-order valence-electron chi connectivity index (χ1n) is 12.0. The number of aliphatic hydroxyl groups excluding tert-OH is 1. The van der Waals surface area contributed by atoms with Crippen LogP contribution in [-0.4, -0.2) is 74.7 Å². The summed E-state index contributed by atoms with van der Waals surface area (Å²) in [5.74, 6) is 6.12. The first kappa shape index (κ1) is 25.3. The van der Waals surface area contributed by atoms with E-state index in [0.29, 0.717) is 29.9 Å². The summed E-state index contributed by atoms with van der Waals surface area (Å²) in [6.07, 6.45) is 6.65. The third-order valence-electron chi connectivity index (χ3n) is 6.21. The molecule has 1 N–H and O–H groups in total. The van der Waals surface area contributed by atoms with Crippen molar-refractivity contribution in [2.45, 2.75) is 32.5 Å². The molecule has 8 nitrogen and oxygen atoms in total. The van der Waals surface area contributed by atoms with Crippen LogP contribution in [0.25, 0.3) is 0 Å². The zero-order valence-electron chi connectivity index (χ0n) is 20.8. The van der Waals surface area contributed by atoms with Gasteiger partial charge in [0.1, 0.15) is 17.4 Å². The SMILES string of the molecule is C[C@@H]1CN([C@@H](C)CO)C(=O)c2cc(C#Cc3ccccn3)cnc2O[C@@H]1CN(C)Cc1ccncc1. The summed E-state index contributed by atoms with van der Waals surface area (Å²) in [5, 5.41) is 9.86. The Morgan fingerprint density at radius 3 is 2.72 bits per heavy atom. The Hall–Kier alpha value is -3.80. The summed E-state index contributed by atoms with van der Waals surface area (Å²) in [5.41, 5.74) is 2.73. The Balaban J connectivity index is 1.63. The van der Waals surface area contributed by atoms with Crippen LogP contribution < -0.4 is 4.74 Å². The molecule has 186 valence electrons. The summed E-state index contributed by atoms with van der Waals surface area (Å²) in [4.78, 5) is 30.2. The number of hydrogen-bond acceptors (Lipinski definition) is 7. The summed E-state index contributed by atoms with van der Waals surface area (Å²) in [6.45, 7) is 5.61. The van der Waals surface area contributed by atoms with Gasteiger partial charge in [-0.15, -0.1) is 0 Å². The lowest BCUT2D eigenvalue weighted by Crippen LogP contribution is -2.49. The number of fused-ring (bicyclic) bond motifs is 1. The van der Waals surface area contributed by atoms with Crippen LogP contribution >= 0.6 is 0 Å². The number of hydrogen-bond donors (Lipinski definition) is 1. The molecule has 3 aromatic heterocycles. The number of nitrogens with zero attached hydrogens (tertiary/aromatic N) is 5. The van der Waals surface area contributed by atoms with Crippen LogP contribution in [0.2, 0.25) is 0 Å². The highest BCUT2D eigenvalue weighted by Gasteiger charge is 2.34. The maximum atomic E-state index is 13.5. The van der Waals surface area contributed by atoms with Gasteiger partial charge in [0.25, 0.3) is 5.91 Å². The van der Waals surface area contributed by atoms with Crippen LogP contribution in [0.1, 0.15) is 41.0 Å². The molecule has 0 aliphatic carbocycles. The molecule has 4 heterocycles. The third kappa shape index (κ3) is 6.25. The Kier molecular flexibility index (Phi) is 8.26. The number of amides is 1. The molecule has 0 unspecified atom stereocenters. The average molecular weight is 486 g/mol. The lowest BCUT2D eigenvalue weighted by molar-refractivity contribution is 0.0325. The van der Waals surface area contributed by atoms with Crippen molar-refractivity contribution in [1.29, 1.82) is 0 Å². The summed E-state index contributed by atoms with van der Waals surface area (Å²) < 4.78 is 6.37. The number of aliphatic hydroxyl groups is 1. The largest absolute Gasteiger partial charge is 0.472 e. The van der Waals surface area contributed by atoms with E-state index in [4.69, 9.17) is 4.74 Å². The predicted molar refractivity (Wildman–Crippen MR) is 136 cm³/mol. The summed E-state index contributed by atoms with van der Waals surface area (Å²) >= 11 is 0.